The Hall–Kier alpha value is -5.56. The summed E-state index contributed by atoms with van der Waals surface area (Å²) in [5, 5.41) is 19.2. The van der Waals surface area contributed by atoms with Crippen molar-refractivity contribution in [3.8, 4) is 22.7 Å². The third kappa shape index (κ3) is 5.98. The van der Waals surface area contributed by atoms with E-state index in [9.17, 15) is 19.5 Å². The van der Waals surface area contributed by atoms with E-state index in [1.807, 2.05) is 66.4 Å². The molecule has 1 aliphatic carbocycles. The number of amides is 1. The predicted molar refractivity (Wildman–Crippen MR) is 188 cm³/mol. The van der Waals surface area contributed by atoms with Crippen molar-refractivity contribution in [1.29, 1.82) is 0 Å². The van der Waals surface area contributed by atoms with Crippen LogP contribution in [0, 0.1) is 12.7 Å². The molecule has 0 atom stereocenters. The molecule has 3 aromatic carbocycles. The number of benzene rings is 3. The van der Waals surface area contributed by atoms with Crippen molar-refractivity contribution in [2.75, 3.05) is 36.8 Å². The standard InChI is InChI=1S/C37H31FN6O5S/c1-21-6-8-22(9-7-21)30-17-25(24-4-2-3-5-29(24)39-30)35-40-41-37(49-35)50-20-33(45)43-14-12-42(13-15-43)32-18-31-26(16-28(32)38)34(46)27(36(47)48)19-44(31)23-10-11-23/h2-9,16-19,23H,10-15,20H2,1H3,(H,47,48). The smallest absolute Gasteiger partial charge is 0.341 e. The number of anilines is 1. The van der Waals surface area contributed by atoms with E-state index in [0.717, 1.165) is 52.2 Å². The molecule has 0 unspecified atom stereocenters. The van der Waals surface area contributed by atoms with Crippen molar-refractivity contribution in [1.82, 2.24) is 24.6 Å². The molecule has 2 aliphatic rings. The van der Waals surface area contributed by atoms with Gasteiger partial charge in [-0.2, -0.15) is 0 Å². The molecule has 13 heteroatoms. The second-order valence-corrected chi connectivity index (χ2v) is 13.5. The Labute approximate surface area is 289 Å². The minimum absolute atomic E-state index is 0.0527. The minimum atomic E-state index is -1.33. The van der Waals surface area contributed by atoms with Crippen LogP contribution < -0.4 is 10.3 Å². The van der Waals surface area contributed by atoms with Gasteiger partial charge in [0, 0.05) is 54.8 Å². The summed E-state index contributed by atoms with van der Waals surface area (Å²) in [4.78, 5) is 46.2. The third-order valence-electron chi connectivity index (χ3n) is 9.26. The Kier molecular flexibility index (Phi) is 8.06. The Balaban J connectivity index is 0.949. The summed E-state index contributed by atoms with van der Waals surface area (Å²) in [6, 6.07) is 20.7. The summed E-state index contributed by atoms with van der Waals surface area (Å²) in [7, 11) is 0. The zero-order chi connectivity index (χ0) is 34.5. The summed E-state index contributed by atoms with van der Waals surface area (Å²) >= 11 is 1.17. The highest BCUT2D eigenvalue weighted by atomic mass is 32.2. The number of para-hydroxylation sites is 1. The average Bonchev–Trinajstić information content (AvgIpc) is 3.87. The Bertz CT molecular complexity index is 2360. The third-order valence-corrected chi connectivity index (χ3v) is 10.1. The van der Waals surface area contributed by atoms with Crippen molar-refractivity contribution in [2.24, 2.45) is 0 Å². The van der Waals surface area contributed by atoms with Crippen molar-refractivity contribution in [3.63, 3.8) is 0 Å². The van der Waals surface area contributed by atoms with Crippen LogP contribution in [0.2, 0.25) is 0 Å². The maximum Gasteiger partial charge on any atom is 0.341 e. The average molecular weight is 691 g/mol. The van der Waals surface area contributed by atoms with Gasteiger partial charge in [0.15, 0.2) is 0 Å². The summed E-state index contributed by atoms with van der Waals surface area (Å²) in [5.74, 6) is -1.60. The van der Waals surface area contributed by atoms with E-state index in [0.29, 0.717) is 43.3 Å². The fourth-order valence-corrected chi connectivity index (χ4v) is 7.09. The fourth-order valence-electron chi connectivity index (χ4n) is 6.42. The van der Waals surface area contributed by atoms with E-state index in [1.165, 1.54) is 18.0 Å². The first-order valence-electron chi connectivity index (χ1n) is 16.3. The quantitative estimate of drug-likeness (QED) is 0.184. The highest BCUT2D eigenvalue weighted by molar-refractivity contribution is 7.99. The summed E-state index contributed by atoms with van der Waals surface area (Å²) < 4.78 is 23.2. The molecule has 1 saturated heterocycles. The summed E-state index contributed by atoms with van der Waals surface area (Å²) in [5.41, 5.74) is 4.24. The van der Waals surface area contributed by atoms with Crippen molar-refractivity contribution < 1.29 is 23.5 Å². The van der Waals surface area contributed by atoms with Gasteiger partial charge in [-0.3, -0.25) is 9.59 Å². The van der Waals surface area contributed by atoms with Gasteiger partial charge < -0.3 is 23.9 Å². The number of halogens is 1. The first-order chi connectivity index (χ1) is 24.2. The zero-order valence-electron chi connectivity index (χ0n) is 27.0. The van der Waals surface area contributed by atoms with E-state index in [-0.39, 0.29) is 33.9 Å². The Morgan fingerprint density at radius 1 is 0.980 bits per heavy atom. The van der Waals surface area contributed by atoms with E-state index in [1.54, 1.807) is 15.5 Å². The predicted octanol–water partition coefficient (Wildman–Crippen LogP) is 6.19. The number of carbonyl (C=O) groups excluding carboxylic acids is 1. The van der Waals surface area contributed by atoms with Gasteiger partial charge >= 0.3 is 5.97 Å². The molecule has 11 nitrogen and oxygen atoms in total. The van der Waals surface area contributed by atoms with Gasteiger partial charge in [0.05, 0.1) is 33.7 Å². The van der Waals surface area contributed by atoms with Crippen LogP contribution in [0.3, 0.4) is 0 Å². The molecule has 6 aromatic rings. The number of thioether (sulfide) groups is 1. The van der Waals surface area contributed by atoms with Crippen molar-refractivity contribution >= 4 is 51.1 Å². The maximum absolute atomic E-state index is 15.4. The minimum Gasteiger partial charge on any atom is -0.477 e. The molecular formula is C37H31FN6O5S. The molecular weight excluding hydrogens is 660 g/mol. The number of hydrogen-bond acceptors (Lipinski definition) is 9. The SMILES string of the molecule is Cc1ccc(-c2cc(-c3nnc(SCC(=O)N4CCN(c5cc6c(cc5F)c(=O)c(C(=O)O)cn6C5CC5)CC4)o3)c3ccccc3n2)cc1. The van der Waals surface area contributed by atoms with Gasteiger partial charge in [0.2, 0.25) is 17.2 Å². The van der Waals surface area contributed by atoms with Crippen LogP contribution in [0.25, 0.3) is 44.5 Å². The molecule has 4 heterocycles. The number of aromatic carboxylic acids is 1. The van der Waals surface area contributed by atoms with Gasteiger partial charge in [-0.15, -0.1) is 10.2 Å². The number of hydrogen-bond donors (Lipinski definition) is 1. The van der Waals surface area contributed by atoms with Crippen LogP contribution in [-0.4, -0.2) is 73.6 Å². The van der Waals surface area contributed by atoms with Gasteiger partial charge in [-0.05, 0) is 44.0 Å². The van der Waals surface area contributed by atoms with Crippen LogP contribution in [0.15, 0.2) is 87.4 Å². The lowest BCUT2D eigenvalue weighted by molar-refractivity contribution is -0.128. The lowest BCUT2D eigenvalue weighted by Gasteiger charge is -2.36. The molecule has 1 N–H and O–H groups in total. The van der Waals surface area contributed by atoms with Crippen molar-refractivity contribution in [2.45, 2.75) is 31.0 Å². The first kappa shape index (κ1) is 31.7. The second-order valence-electron chi connectivity index (χ2n) is 12.6. The lowest BCUT2D eigenvalue weighted by Crippen LogP contribution is -2.49. The topological polar surface area (TPSA) is 135 Å². The molecule has 0 bridgehead atoms. The summed E-state index contributed by atoms with van der Waals surface area (Å²) in [6.45, 7) is 3.58. The van der Waals surface area contributed by atoms with Gasteiger partial charge in [0.25, 0.3) is 5.22 Å². The zero-order valence-corrected chi connectivity index (χ0v) is 27.8. The maximum atomic E-state index is 15.4. The molecule has 2 fully saturated rings. The molecule has 1 amide bonds. The molecule has 3 aromatic heterocycles. The second kappa shape index (κ2) is 12.7. The van der Waals surface area contributed by atoms with Gasteiger partial charge in [-0.25, -0.2) is 14.2 Å². The summed E-state index contributed by atoms with van der Waals surface area (Å²) in [6.07, 6.45) is 3.10. The van der Waals surface area contributed by atoms with Crippen LogP contribution in [0.5, 0.6) is 0 Å². The highest BCUT2D eigenvalue weighted by Crippen LogP contribution is 2.38. The van der Waals surface area contributed by atoms with Gasteiger partial charge in [-0.1, -0.05) is 59.8 Å². The number of aryl methyl sites for hydroxylation is 1. The normalized spacial score (nSPS) is 14.8. The number of fused-ring (bicyclic) bond motifs is 2. The number of nitrogens with zero attached hydrogens (tertiary/aromatic N) is 6. The number of carboxylic acid groups (broad SMARTS) is 1. The number of carbonyl (C=O) groups is 2. The largest absolute Gasteiger partial charge is 0.477 e. The number of piperazine rings is 1. The van der Waals surface area contributed by atoms with Crippen LogP contribution in [-0.2, 0) is 4.79 Å². The van der Waals surface area contributed by atoms with Crippen LogP contribution in [0.1, 0.15) is 34.8 Å². The molecule has 8 rings (SSSR count). The first-order valence-corrected chi connectivity index (χ1v) is 17.3. The van der Waals surface area contributed by atoms with Crippen LogP contribution in [0.4, 0.5) is 10.1 Å². The molecule has 1 saturated carbocycles. The Morgan fingerprint density at radius 2 is 1.74 bits per heavy atom. The highest BCUT2D eigenvalue weighted by Gasteiger charge is 2.29. The molecule has 50 heavy (non-hydrogen) atoms. The molecule has 252 valence electrons. The van der Waals surface area contributed by atoms with E-state index in [2.05, 4.69) is 10.2 Å². The van der Waals surface area contributed by atoms with E-state index < -0.39 is 17.2 Å². The van der Waals surface area contributed by atoms with Gasteiger partial charge in [0.1, 0.15) is 11.4 Å². The van der Waals surface area contributed by atoms with Crippen LogP contribution >= 0.6 is 11.8 Å². The lowest BCUT2D eigenvalue weighted by atomic mass is 10.0. The monoisotopic (exact) mass is 690 g/mol. The molecule has 0 radical (unpaired) electrons. The number of carboxylic acids is 1. The molecule has 0 spiro atoms. The van der Waals surface area contributed by atoms with E-state index in [4.69, 9.17) is 9.40 Å². The van der Waals surface area contributed by atoms with E-state index >= 15 is 4.39 Å². The number of rotatable bonds is 8. The molecule has 1 aliphatic heterocycles. The fraction of sp³-hybridized carbons (Fsp3) is 0.243. The Morgan fingerprint density at radius 3 is 2.48 bits per heavy atom. The van der Waals surface area contributed by atoms with Crippen molar-refractivity contribution in [3.05, 3.63) is 100 Å². The number of aromatic nitrogens is 4. The number of pyridine rings is 2.